The maximum absolute atomic E-state index is 12.6. The largest absolute Gasteiger partial charge is 0.495 e. The van der Waals surface area contributed by atoms with Crippen LogP contribution in [0.5, 0.6) is 5.75 Å². The van der Waals surface area contributed by atoms with Crippen LogP contribution in [0.1, 0.15) is 6.42 Å². The molecule has 0 bridgehead atoms. The van der Waals surface area contributed by atoms with Crippen LogP contribution in [0, 0.1) is 5.92 Å². The second-order valence-corrected chi connectivity index (χ2v) is 6.53. The Morgan fingerprint density at radius 3 is 2.72 bits per heavy atom. The molecule has 2 amide bonds. The quantitative estimate of drug-likeness (QED) is 0.874. The molecule has 0 unspecified atom stereocenters. The monoisotopic (exact) mass is 378 g/mol. The molecule has 25 heavy (non-hydrogen) atoms. The third-order valence-electron chi connectivity index (χ3n) is 4.06. The predicted molar refractivity (Wildman–Crippen MR) is 98.5 cm³/mol. The summed E-state index contributed by atoms with van der Waals surface area (Å²) in [6.45, 7) is 0.275. The lowest BCUT2D eigenvalue weighted by atomic mass is 10.1. The molecule has 0 aromatic heterocycles. The first kappa shape index (κ1) is 17.6. The number of rotatable bonds is 4. The average Bonchev–Trinajstić information content (AvgIpc) is 2.97. The van der Waals surface area contributed by atoms with Gasteiger partial charge in [0.25, 0.3) is 0 Å². The van der Waals surface area contributed by atoms with Crippen LogP contribution in [0.15, 0.2) is 42.5 Å². The zero-order valence-corrected chi connectivity index (χ0v) is 15.0. The van der Waals surface area contributed by atoms with E-state index in [1.165, 1.54) is 7.11 Å². The number of benzene rings is 2. The Kier molecular flexibility index (Phi) is 5.16. The number of amides is 2. The van der Waals surface area contributed by atoms with Crippen molar-refractivity contribution in [3.8, 4) is 5.75 Å². The van der Waals surface area contributed by atoms with Gasteiger partial charge in [-0.05, 0) is 30.3 Å². The van der Waals surface area contributed by atoms with Gasteiger partial charge in [-0.25, -0.2) is 0 Å². The standard InChI is InChI=1S/C18H16Cl2N2O3/c1-25-16-7-6-12(19)9-14(16)21-18(24)11-8-17(23)22(10-11)15-5-3-2-4-13(15)20/h2-7,9,11H,8,10H2,1H3,(H,21,24)/t11-/m0/s1. The topological polar surface area (TPSA) is 58.6 Å². The van der Waals surface area contributed by atoms with Gasteiger partial charge < -0.3 is 15.0 Å². The molecule has 7 heteroatoms. The second kappa shape index (κ2) is 7.33. The summed E-state index contributed by atoms with van der Waals surface area (Å²) in [6, 6.07) is 12.0. The number of nitrogens with one attached hydrogen (secondary N) is 1. The van der Waals surface area contributed by atoms with E-state index in [1.807, 2.05) is 0 Å². The number of para-hydroxylation sites is 1. The van der Waals surface area contributed by atoms with Gasteiger partial charge in [0.05, 0.1) is 29.4 Å². The SMILES string of the molecule is COc1ccc(Cl)cc1NC(=O)[C@H]1CC(=O)N(c2ccccc2Cl)C1. The van der Waals surface area contributed by atoms with Gasteiger partial charge in [0.15, 0.2) is 0 Å². The number of ether oxygens (including phenoxy) is 1. The summed E-state index contributed by atoms with van der Waals surface area (Å²) in [5.74, 6) is -0.368. The molecule has 1 saturated heterocycles. The maximum atomic E-state index is 12.6. The van der Waals surface area contributed by atoms with Crippen molar-refractivity contribution in [1.82, 2.24) is 0 Å². The molecule has 5 nitrogen and oxygen atoms in total. The highest BCUT2D eigenvalue weighted by molar-refractivity contribution is 6.34. The lowest BCUT2D eigenvalue weighted by molar-refractivity contribution is -0.122. The number of methoxy groups -OCH3 is 1. The van der Waals surface area contributed by atoms with E-state index in [0.717, 1.165) is 0 Å². The molecule has 0 spiro atoms. The minimum atomic E-state index is -0.479. The lowest BCUT2D eigenvalue weighted by Crippen LogP contribution is -2.28. The molecule has 1 N–H and O–H groups in total. The third kappa shape index (κ3) is 3.72. The van der Waals surface area contributed by atoms with E-state index in [0.29, 0.717) is 27.2 Å². The van der Waals surface area contributed by atoms with E-state index in [1.54, 1.807) is 47.4 Å². The van der Waals surface area contributed by atoms with Gasteiger partial charge in [-0.2, -0.15) is 0 Å². The van der Waals surface area contributed by atoms with Crippen LogP contribution in [-0.2, 0) is 9.59 Å². The molecule has 2 aromatic carbocycles. The molecular weight excluding hydrogens is 363 g/mol. The number of carbonyl (C=O) groups excluding carboxylic acids is 2. The lowest BCUT2D eigenvalue weighted by Gasteiger charge is -2.18. The summed E-state index contributed by atoms with van der Waals surface area (Å²) in [5, 5.41) is 3.75. The minimum absolute atomic E-state index is 0.125. The Balaban J connectivity index is 1.75. The molecule has 1 aliphatic rings. The van der Waals surface area contributed by atoms with Crippen LogP contribution >= 0.6 is 23.2 Å². The third-order valence-corrected chi connectivity index (χ3v) is 4.61. The molecular formula is C18H16Cl2N2O3. The summed E-state index contributed by atoms with van der Waals surface area (Å²) >= 11 is 12.1. The van der Waals surface area contributed by atoms with E-state index >= 15 is 0 Å². The Morgan fingerprint density at radius 2 is 2.00 bits per heavy atom. The van der Waals surface area contributed by atoms with E-state index in [2.05, 4.69) is 5.32 Å². The fraction of sp³-hybridized carbons (Fsp3) is 0.222. The van der Waals surface area contributed by atoms with Crippen LogP contribution in [0.4, 0.5) is 11.4 Å². The highest BCUT2D eigenvalue weighted by atomic mass is 35.5. The number of carbonyl (C=O) groups is 2. The number of hydrogen-bond donors (Lipinski definition) is 1. The van der Waals surface area contributed by atoms with E-state index < -0.39 is 5.92 Å². The number of anilines is 2. The number of nitrogens with zero attached hydrogens (tertiary/aromatic N) is 1. The van der Waals surface area contributed by atoms with Crippen molar-refractivity contribution >= 4 is 46.4 Å². The first-order valence-electron chi connectivity index (χ1n) is 7.69. The highest BCUT2D eigenvalue weighted by Gasteiger charge is 2.36. The van der Waals surface area contributed by atoms with Crippen molar-refractivity contribution in [1.29, 1.82) is 0 Å². The summed E-state index contributed by atoms with van der Waals surface area (Å²) in [5.41, 5.74) is 1.09. The Morgan fingerprint density at radius 1 is 1.24 bits per heavy atom. The number of hydrogen-bond acceptors (Lipinski definition) is 3. The zero-order chi connectivity index (χ0) is 18.0. The second-order valence-electron chi connectivity index (χ2n) is 5.69. The minimum Gasteiger partial charge on any atom is -0.495 e. The molecule has 1 atom stereocenters. The van der Waals surface area contributed by atoms with Gasteiger partial charge in [0.2, 0.25) is 11.8 Å². The first-order chi connectivity index (χ1) is 12.0. The van der Waals surface area contributed by atoms with Crippen LogP contribution in [0.2, 0.25) is 10.0 Å². The Labute approximate surface area is 155 Å². The maximum Gasteiger partial charge on any atom is 0.229 e. The first-order valence-corrected chi connectivity index (χ1v) is 8.44. The van der Waals surface area contributed by atoms with Gasteiger partial charge in [-0.3, -0.25) is 9.59 Å². The van der Waals surface area contributed by atoms with Crippen LogP contribution in [-0.4, -0.2) is 25.5 Å². The van der Waals surface area contributed by atoms with Gasteiger partial charge in [-0.15, -0.1) is 0 Å². The van der Waals surface area contributed by atoms with E-state index in [-0.39, 0.29) is 24.8 Å². The summed E-state index contributed by atoms with van der Waals surface area (Å²) in [7, 11) is 1.51. The molecule has 1 heterocycles. The molecule has 1 aliphatic heterocycles. The Bertz CT molecular complexity index is 826. The molecule has 3 rings (SSSR count). The fourth-order valence-electron chi connectivity index (χ4n) is 2.80. The van der Waals surface area contributed by atoms with Crippen molar-refractivity contribution in [3.05, 3.63) is 52.5 Å². The molecule has 0 aliphatic carbocycles. The smallest absolute Gasteiger partial charge is 0.229 e. The molecule has 1 fully saturated rings. The fourth-order valence-corrected chi connectivity index (χ4v) is 3.21. The Hall–Kier alpha value is -2.24. The van der Waals surface area contributed by atoms with Gasteiger partial charge >= 0.3 is 0 Å². The van der Waals surface area contributed by atoms with E-state index in [9.17, 15) is 9.59 Å². The highest BCUT2D eigenvalue weighted by Crippen LogP contribution is 2.33. The molecule has 0 radical (unpaired) electrons. The van der Waals surface area contributed by atoms with Gasteiger partial charge in [-0.1, -0.05) is 35.3 Å². The van der Waals surface area contributed by atoms with Gasteiger partial charge in [0.1, 0.15) is 5.75 Å². The van der Waals surface area contributed by atoms with Crippen LogP contribution in [0.3, 0.4) is 0 Å². The van der Waals surface area contributed by atoms with Crippen molar-refractivity contribution in [3.63, 3.8) is 0 Å². The molecule has 2 aromatic rings. The van der Waals surface area contributed by atoms with Crippen LogP contribution < -0.4 is 15.0 Å². The summed E-state index contributed by atoms with van der Waals surface area (Å²) < 4.78 is 5.22. The van der Waals surface area contributed by atoms with Crippen molar-refractivity contribution in [2.24, 2.45) is 5.92 Å². The van der Waals surface area contributed by atoms with E-state index in [4.69, 9.17) is 27.9 Å². The number of halogens is 2. The molecule has 0 saturated carbocycles. The zero-order valence-electron chi connectivity index (χ0n) is 13.5. The molecule has 130 valence electrons. The van der Waals surface area contributed by atoms with Gasteiger partial charge in [0, 0.05) is 18.0 Å². The summed E-state index contributed by atoms with van der Waals surface area (Å²) in [4.78, 5) is 26.4. The predicted octanol–water partition coefficient (Wildman–Crippen LogP) is 3.99. The van der Waals surface area contributed by atoms with Crippen molar-refractivity contribution < 1.29 is 14.3 Å². The van der Waals surface area contributed by atoms with Crippen molar-refractivity contribution in [2.45, 2.75) is 6.42 Å². The normalized spacial score (nSPS) is 16.8. The summed E-state index contributed by atoms with van der Waals surface area (Å²) in [6.07, 6.45) is 0.125. The van der Waals surface area contributed by atoms with Crippen LogP contribution in [0.25, 0.3) is 0 Å². The van der Waals surface area contributed by atoms with Crippen molar-refractivity contribution in [2.75, 3.05) is 23.9 Å². The average molecular weight is 379 g/mol.